The Morgan fingerprint density at radius 1 is 1.00 bits per heavy atom. The van der Waals surface area contributed by atoms with Gasteiger partial charge in [-0.05, 0) is 12.1 Å². The Labute approximate surface area is 75.2 Å². The first-order chi connectivity index (χ1) is 6.45. The van der Waals surface area contributed by atoms with Gasteiger partial charge in [0.1, 0.15) is 0 Å². The van der Waals surface area contributed by atoms with Gasteiger partial charge in [-0.3, -0.25) is 4.98 Å². The Morgan fingerprint density at radius 2 is 2.00 bits per heavy atom. The number of rotatable bonds is 0. The first kappa shape index (κ1) is 6.66. The molecule has 0 spiro atoms. The molecule has 0 fully saturated rings. The molecule has 0 saturated heterocycles. The summed E-state index contributed by atoms with van der Waals surface area (Å²) in [5.41, 5.74) is 1.16. The zero-order valence-electron chi connectivity index (χ0n) is 6.99. The van der Waals surface area contributed by atoms with Crippen LogP contribution in [0.5, 0.6) is 0 Å². The molecule has 1 N–H and O–H groups in total. The Kier molecular flexibility index (Phi) is 1.19. The smallest absolute Gasteiger partial charge is 0.0460 e. The highest BCUT2D eigenvalue weighted by Crippen LogP contribution is 2.22. The highest BCUT2D eigenvalue weighted by Gasteiger charge is 1.99. The van der Waals surface area contributed by atoms with Crippen molar-refractivity contribution in [1.82, 2.24) is 9.97 Å². The summed E-state index contributed by atoms with van der Waals surface area (Å²) in [5, 5.41) is 3.65. The average Bonchev–Trinajstić information content (AvgIpc) is 2.65. The fourth-order valence-corrected chi connectivity index (χ4v) is 1.69. The summed E-state index contributed by atoms with van der Waals surface area (Å²) in [4.78, 5) is 7.34. The molecule has 2 heterocycles. The van der Waals surface area contributed by atoms with Crippen molar-refractivity contribution in [3.63, 3.8) is 0 Å². The van der Waals surface area contributed by atoms with Gasteiger partial charge in [-0.2, -0.15) is 0 Å². The zero-order valence-corrected chi connectivity index (χ0v) is 6.99. The summed E-state index contributed by atoms with van der Waals surface area (Å²) in [6, 6.07) is 8.28. The maximum absolute atomic E-state index is 4.14. The largest absolute Gasteiger partial charge is 0.361 e. The van der Waals surface area contributed by atoms with Crippen LogP contribution in [0.2, 0.25) is 0 Å². The maximum atomic E-state index is 4.14. The van der Waals surface area contributed by atoms with Crippen molar-refractivity contribution in [1.29, 1.82) is 0 Å². The lowest BCUT2D eigenvalue weighted by atomic mass is 10.1. The van der Waals surface area contributed by atoms with Crippen LogP contribution < -0.4 is 0 Å². The zero-order chi connectivity index (χ0) is 8.67. The second-order valence-electron chi connectivity index (χ2n) is 3.11. The van der Waals surface area contributed by atoms with E-state index < -0.39 is 0 Å². The molecule has 3 aromatic rings. The van der Waals surface area contributed by atoms with Crippen LogP contribution in [0.3, 0.4) is 0 Å². The van der Waals surface area contributed by atoms with Crippen molar-refractivity contribution in [3.8, 4) is 0 Å². The van der Waals surface area contributed by atoms with E-state index in [0.717, 1.165) is 5.52 Å². The molecule has 0 amide bonds. The lowest BCUT2D eigenvalue weighted by Crippen LogP contribution is -1.76. The highest BCUT2D eigenvalue weighted by molar-refractivity contribution is 6.05. The van der Waals surface area contributed by atoms with E-state index in [1.807, 2.05) is 24.7 Å². The third-order valence-corrected chi connectivity index (χ3v) is 2.34. The van der Waals surface area contributed by atoms with E-state index in [9.17, 15) is 0 Å². The number of aromatic nitrogens is 2. The van der Waals surface area contributed by atoms with Crippen LogP contribution in [-0.2, 0) is 0 Å². The summed E-state index contributed by atoms with van der Waals surface area (Å²) in [7, 11) is 0. The SMILES string of the molecule is c1c[nH]c2ccc3cncc3c2c1. The first-order valence-electron chi connectivity index (χ1n) is 4.25. The van der Waals surface area contributed by atoms with Gasteiger partial charge < -0.3 is 4.98 Å². The van der Waals surface area contributed by atoms with Crippen LogP contribution in [0, 0.1) is 0 Å². The van der Waals surface area contributed by atoms with E-state index in [-0.39, 0.29) is 0 Å². The summed E-state index contributed by atoms with van der Waals surface area (Å²) in [5.74, 6) is 0. The predicted molar refractivity (Wildman–Crippen MR) is 53.6 cm³/mol. The summed E-state index contributed by atoms with van der Waals surface area (Å²) < 4.78 is 0. The van der Waals surface area contributed by atoms with Gasteiger partial charge in [0, 0.05) is 40.3 Å². The first-order valence-corrected chi connectivity index (χ1v) is 4.25. The Hall–Kier alpha value is -1.83. The van der Waals surface area contributed by atoms with Gasteiger partial charge >= 0.3 is 0 Å². The Balaban J connectivity index is 2.65. The normalized spacial score (nSPS) is 11.1. The van der Waals surface area contributed by atoms with Crippen molar-refractivity contribution in [2.24, 2.45) is 0 Å². The second-order valence-corrected chi connectivity index (χ2v) is 3.11. The lowest BCUT2D eigenvalue weighted by Gasteiger charge is -1.98. The molecule has 2 heteroatoms. The molecule has 0 radical (unpaired) electrons. The van der Waals surface area contributed by atoms with Crippen LogP contribution in [0.25, 0.3) is 21.7 Å². The number of nitrogens with zero attached hydrogens (tertiary/aromatic N) is 1. The maximum Gasteiger partial charge on any atom is 0.0460 e. The molecule has 0 aliphatic heterocycles. The molecule has 0 aliphatic rings. The minimum atomic E-state index is 1.16. The minimum Gasteiger partial charge on any atom is -0.361 e. The molecule has 0 atom stereocenters. The Morgan fingerprint density at radius 3 is 3.00 bits per heavy atom. The molecular formula is C11H8N2. The fourth-order valence-electron chi connectivity index (χ4n) is 1.69. The van der Waals surface area contributed by atoms with Crippen molar-refractivity contribution >= 4 is 21.7 Å². The monoisotopic (exact) mass is 168 g/mol. The van der Waals surface area contributed by atoms with Crippen molar-refractivity contribution in [3.05, 3.63) is 42.9 Å². The molecule has 2 nitrogen and oxygen atoms in total. The van der Waals surface area contributed by atoms with Crippen LogP contribution in [0.1, 0.15) is 0 Å². The van der Waals surface area contributed by atoms with Crippen molar-refractivity contribution in [2.75, 3.05) is 0 Å². The van der Waals surface area contributed by atoms with Gasteiger partial charge in [0.15, 0.2) is 0 Å². The van der Waals surface area contributed by atoms with E-state index in [1.54, 1.807) is 0 Å². The summed E-state index contributed by atoms with van der Waals surface area (Å²) in [6.07, 6.45) is 5.73. The minimum absolute atomic E-state index is 1.16. The third-order valence-electron chi connectivity index (χ3n) is 2.34. The lowest BCUT2D eigenvalue weighted by molar-refractivity contribution is 1.42. The molecule has 1 aromatic carbocycles. The van der Waals surface area contributed by atoms with Crippen molar-refractivity contribution < 1.29 is 0 Å². The number of hydrogen-bond acceptors (Lipinski definition) is 1. The van der Waals surface area contributed by atoms with Gasteiger partial charge in [0.25, 0.3) is 0 Å². The van der Waals surface area contributed by atoms with Crippen molar-refractivity contribution in [2.45, 2.75) is 0 Å². The molecule has 3 rings (SSSR count). The number of nitrogens with one attached hydrogen (secondary N) is 1. The number of pyridine rings is 1. The topological polar surface area (TPSA) is 28.7 Å². The number of aromatic amines is 1. The number of benzene rings is 1. The van der Waals surface area contributed by atoms with Crippen LogP contribution in [0.15, 0.2) is 42.9 Å². The van der Waals surface area contributed by atoms with Crippen LogP contribution in [0.4, 0.5) is 0 Å². The molecule has 2 aromatic heterocycles. The predicted octanol–water partition coefficient (Wildman–Crippen LogP) is 2.72. The van der Waals surface area contributed by atoms with Crippen LogP contribution >= 0.6 is 0 Å². The molecule has 62 valence electrons. The second kappa shape index (κ2) is 2.33. The Bertz CT molecular complexity index is 566. The summed E-state index contributed by atoms with van der Waals surface area (Å²) >= 11 is 0. The highest BCUT2D eigenvalue weighted by atomic mass is 14.7. The standard InChI is InChI=1S/C11H8N2/c1-2-9-10-7-12-6-8(10)3-4-11(9)13-5-1/h1-7,13H. The van der Waals surface area contributed by atoms with Gasteiger partial charge in [0.05, 0.1) is 0 Å². The number of hydrogen-bond donors (Lipinski definition) is 1. The van der Waals surface area contributed by atoms with Gasteiger partial charge in [-0.25, -0.2) is 0 Å². The molecule has 0 unspecified atom stereocenters. The fraction of sp³-hybridized carbons (Fsp3) is 0. The average molecular weight is 168 g/mol. The van der Waals surface area contributed by atoms with Gasteiger partial charge in [-0.1, -0.05) is 12.1 Å². The van der Waals surface area contributed by atoms with E-state index in [2.05, 4.69) is 28.2 Å². The third kappa shape index (κ3) is 0.855. The molecular weight excluding hydrogens is 160 g/mol. The molecule has 0 aliphatic carbocycles. The van der Waals surface area contributed by atoms with E-state index in [1.165, 1.54) is 16.2 Å². The quantitative estimate of drug-likeness (QED) is 0.549. The van der Waals surface area contributed by atoms with Gasteiger partial charge in [0.2, 0.25) is 0 Å². The van der Waals surface area contributed by atoms with E-state index in [4.69, 9.17) is 0 Å². The number of fused-ring (bicyclic) bond motifs is 3. The van der Waals surface area contributed by atoms with E-state index >= 15 is 0 Å². The molecule has 0 bridgehead atoms. The molecule has 13 heavy (non-hydrogen) atoms. The van der Waals surface area contributed by atoms with Gasteiger partial charge in [-0.15, -0.1) is 0 Å². The number of H-pyrrole nitrogens is 1. The van der Waals surface area contributed by atoms with E-state index in [0.29, 0.717) is 0 Å². The van der Waals surface area contributed by atoms with Crippen LogP contribution in [-0.4, -0.2) is 9.97 Å². The molecule has 0 saturated carbocycles. The summed E-state index contributed by atoms with van der Waals surface area (Å²) in [6.45, 7) is 0.